The van der Waals surface area contributed by atoms with E-state index >= 15 is 0 Å². The molecule has 250 valence electrons. The number of carbonyl (C=O) groups is 2. The lowest BCUT2D eigenvalue weighted by atomic mass is 9.93. The molecule has 0 N–H and O–H groups in total. The zero-order valence-corrected chi connectivity index (χ0v) is 30.3. The molecule has 0 amide bonds. The Kier molecular flexibility index (Phi) is 30.5. The van der Waals surface area contributed by atoms with Crippen LogP contribution in [0.5, 0.6) is 0 Å². The normalized spacial score (nSPS) is 12.9. The van der Waals surface area contributed by atoms with Crippen molar-refractivity contribution in [2.75, 3.05) is 34.3 Å². The molecule has 0 aliphatic heterocycles. The van der Waals surface area contributed by atoms with Crippen LogP contribution in [-0.2, 0) is 14.1 Å². The molecule has 0 aromatic heterocycles. The van der Waals surface area contributed by atoms with Crippen LogP contribution in [0.15, 0.2) is 0 Å². The molecule has 42 heavy (non-hydrogen) atoms. The molecule has 5 heteroatoms. The highest BCUT2D eigenvalue weighted by atomic mass is 31.1. The summed E-state index contributed by atoms with van der Waals surface area (Å²) in [6.45, 7) is 6.00. The topological polar surface area (TPSA) is 43.4 Å². The van der Waals surface area contributed by atoms with Gasteiger partial charge in [0.1, 0.15) is 18.9 Å². The maximum atomic E-state index is 13.1. The molecular weight excluding hydrogens is 537 g/mol. The van der Waals surface area contributed by atoms with Gasteiger partial charge >= 0.3 is 0 Å². The number of likely N-dealkylation sites (N-methyl/N-ethyl adjacent to an activating group) is 1. The molecule has 2 atom stereocenters. The van der Waals surface area contributed by atoms with E-state index in [1.165, 1.54) is 135 Å². The summed E-state index contributed by atoms with van der Waals surface area (Å²) < 4.78 is 6.57. The molecule has 0 saturated carbocycles. The monoisotopic (exact) mass is 613 g/mol. The van der Waals surface area contributed by atoms with Crippen molar-refractivity contribution in [3.63, 3.8) is 0 Å². The predicted molar refractivity (Wildman–Crippen MR) is 187 cm³/mol. The first-order chi connectivity index (χ1) is 20.3. The Morgan fingerprint density at radius 1 is 0.548 bits per heavy atom. The summed E-state index contributed by atoms with van der Waals surface area (Å²) in [6.07, 6.45) is 33.9. The number of hydrogen-bond donors (Lipinski definition) is 0. The van der Waals surface area contributed by atoms with Crippen LogP contribution in [0.4, 0.5) is 0 Å². The zero-order chi connectivity index (χ0) is 31.2. The van der Waals surface area contributed by atoms with E-state index in [9.17, 15) is 9.59 Å². The Hall–Kier alpha value is -0.310. The fourth-order valence-corrected chi connectivity index (χ4v) is 6.41. The van der Waals surface area contributed by atoms with Gasteiger partial charge in [0.05, 0.1) is 35.9 Å². The first-order valence-corrected chi connectivity index (χ1v) is 19.5. The standard InChI is InChI=1S/C37H75NO3P/c1-6-8-10-12-14-16-18-19-20-22-23-25-27-29-31-35(37(40)42-41-34-33-38(3,4)5)36(39)32-30-28-26-24-21-17-15-13-11-9-7-2/h35,42H,6-34H2,1-5H3/q+1. The Morgan fingerprint density at radius 3 is 1.29 bits per heavy atom. The third kappa shape index (κ3) is 29.7. The lowest BCUT2D eigenvalue weighted by molar-refractivity contribution is -0.870. The molecule has 0 fully saturated rings. The molecule has 0 aromatic carbocycles. The van der Waals surface area contributed by atoms with Crippen molar-refractivity contribution in [1.82, 2.24) is 0 Å². The highest BCUT2D eigenvalue weighted by molar-refractivity contribution is 7.53. The minimum atomic E-state index is -0.437. The third-order valence-electron chi connectivity index (χ3n) is 8.62. The van der Waals surface area contributed by atoms with E-state index < -0.39 is 5.92 Å². The van der Waals surface area contributed by atoms with Crippen molar-refractivity contribution in [1.29, 1.82) is 0 Å². The average molecular weight is 613 g/mol. The second-order valence-corrected chi connectivity index (χ2v) is 15.0. The van der Waals surface area contributed by atoms with E-state index in [0.29, 0.717) is 13.0 Å². The van der Waals surface area contributed by atoms with Crippen molar-refractivity contribution < 1.29 is 18.6 Å². The van der Waals surface area contributed by atoms with Crippen LogP contribution >= 0.6 is 8.81 Å². The van der Waals surface area contributed by atoms with E-state index in [4.69, 9.17) is 4.52 Å². The molecule has 0 radical (unpaired) electrons. The van der Waals surface area contributed by atoms with Gasteiger partial charge in [-0.2, -0.15) is 0 Å². The van der Waals surface area contributed by atoms with Crippen LogP contribution in [0.25, 0.3) is 0 Å². The summed E-state index contributed by atoms with van der Waals surface area (Å²) in [5.74, 6) is -0.263. The Balaban J connectivity index is 4.18. The molecule has 0 heterocycles. The van der Waals surface area contributed by atoms with Gasteiger partial charge < -0.3 is 9.01 Å². The number of nitrogens with zero attached hydrogens (tertiary/aromatic N) is 1. The van der Waals surface area contributed by atoms with Crippen molar-refractivity contribution >= 4 is 20.1 Å². The summed E-state index contributed by atoms with van der Waals surface area (Å²) >= 11 is 0. The predicted octanol–water partition coefficient (Wildman–Crippen LogP) is 11.6. The first kappa shape index (κ1) is 41.7. The van der Waals surface area contributed by atoms with E-state index in [0.717, 1.165) is 43.1 Å². The Bertz CT molecular complexity index is 604. The quantitative estimate of drug-likeness (QED) is 0.0314. The lowest BCUT2D eigenvalue weighted by Gasteiger charge is -2.23. The second kappa shape index (κ2) is 30.7. The molecule has 0 aliphatic carbocycles. The van der Waals surface area contributed by atoms with Crippen LogP contribution in [-0.4, -0.2) is 50.1 Å². The van der Waals surface area contributed by atoms with Gasteiger partial charge in [0.15, 0.2) is 5.52 Å². The number of ketones is 1. The van der Waals surface area contributed by atoms with E-state index in [1.54, 1.807) is 0 Å². The van der Waals surface area contributed by atoms with Crippen LogP contribution in [0.3, 0.4) is 0 Å². The van der Waals surface area contributed by atoms with Crippen molar-refractivity contribution in [3.05, 3.63) is 0 Å². The number of unbranched alkanes of at least 4 members (excludes halogenated alkanes) is 23. The fraction of sp³-hybridized carbons (Fsp3) is 0.946. The molecule has 0 aromatic rings. The number of quaternary nitrogens is 1. The SMILES string of the molecule is CCCCCCCCCCCCCCCCC(C(=O)CCCCCCCCCCCCC)C(=O)POCC[N+](C)(C)C. The highest BCUT2D eigenvalue weighted by Gasteiger charge is 2.26. The van der Waals surface area contributed by atoms with E-state index in [1.807, 2.05) is 0 Å². The van der Waals surface area contributed by atoms with Gasteiger partial charge in [-0.3, -0.25) is 9.59 Å². The van der Waals surface area contributed by atoms with Gasteiger partial charge in [-0.15, -0.1) is 0 Å². The van der Waals surface area contributed by atoms with Gasteiger partial charge in [-0.1, -0.05) is 168 Å². The van der Waals surface area contributed by atoms with Gasteiger partial charge in [0, 0.05) is 6.42 Å². The van der Waals surface area contributed by atoms with Crippen molar-refractivity contribution in [2.24, 2.45) is 5.92 Å². The molecule has 0 rings (SSSR count). The largest absolute Gasteiger partial charge is 0.349 e. The minimum absolute atomic E-state index is 0.0409. The maximum Gasteiger partial charge on any atom is 0.189 e. The summed E-state index contributed by atoms with van der Waals surface area (Å²) in [5.41, 5.74) is 0.0409. The molecular formula is C37H75NO3P+. The fourth-order valence-electron chi connectivity index (χ4n) is 5.63. The van der Waals surface area contributed by atoms with Crippen LogP contribution in [0.2, 0.25) is 0 Å². The van der Waals surface area contributed by atoms with E-state index in [-0.39, 0.29) is 20.1 Å². The van der Waals surface area contributed by atoms with E-state index in [2.05, 4.69) is 35.0 Å². The second-order valence-electron chi connectivity index (χ2n) is 14.0. The lowest BCUT2D eigenvalue weighted by Crippen LogP contribution is -2.37. The molecule has 0 aliphatic rings. The Labute approximate surface area is 265 Å². The number of carbonyl (C=O) groups excluding carboxylic acids is 2. The van der Waals surface area contributed by atoms with Gasteiger partial charge in [-0.05, 0) is 12.8 Å². The first-order valence-electron chi connectivity index (χ1n) is 18.6. The minimum Gasteiger partial charge on any atom is -0.349 e. The number of Topliss-reactive ketones (excluding diaryl/α,β-unsaturated/α-hetero) is 1. The maximum absolute atomic E-state index is 13.1. The molecule has 2 unspecified atom stereocenters. The highest BCUT2D eigenvalue weighted by Crippen LogP contribution is 2.27. The van der Waals surface area contributed by atoms with Gasteiger partial charge in [0.2, 0.25) is 0 Å². The smallest absolute Gasteiger partial charge is 0.189 e. The van der Waals surface area contributed by atoms with Crippen LogP contribution in [0, 0.1) is 5.92 Å². The van der Waals surface area contributed by atoms with Crippen LogP contribution < -0.4 is 0 Å². The summed E-state index contributed by atoms with van der Waals surface area (Å²) in [6, 6.07) is 0. The average Bonchev–Trinajstić information content (AvgIpc) is 2.95. The number of hydrogen-bond acceptors (Lipinski definition) is 3. The molecule has 4 nitrogen and oxygen atoms in total. The molecule has 0 bridgehead atoms. The van der Waals surface area contributed by atoms with Gasteiger partial charge in [0.25, 0.3) is 0 Å². The molecule has 0 spiro atoms. The zero-order valence-electron chi connectivity index (χ0n) is 29.3. The van der Waals surface area contributed by atoms with Crippen molar-refractivity contribution in [2.45, 2.75) is 187 Å². The van der Waals surface area contributed by atoms with Crippen LogP contribution in [0.1, 0.15) is 187 Å². The van der Waals surface area contributed by atoms with Crippen molar-refractivity contribution in [3.8, 4) is 0 Å². The number of rotatable bonds is 34. The Morgan fingerprint density at radius 2 is 0.905 bits per heavy atom. The summed E-state index contributed by atoms with van der Waals surface area (Å²) in [5, 5.41) is 0. The molecule has 0 saturated heterocycles. The third-order valence-corrected chi connectivity index (χ3v) is 9.51. The summed E-state index contributed by atoms with van der Waals surface area (Å²) in [7, 11) is 6.20. The summed E-state index contributed by atoms with van der Waals surface area (Å²) in [4.78, 5) is 26.2. The van der Waals surface area contributed by atoms with Gasteiger partial charge in [-0.25, -0.2) is 0 Å².